The predicted octanol–water partition coefficient (Wildman–Crippen LogP) is -0.113. The monoisotopic (exact) mass is 1580 g/mol. The van der Waals surface area contributed by atoms with Gasteiger partial charge in [-0.2, -0.15) is 10.5 Å². The van der Waals surface area contributed by atoms with Gasteiger partial charge >= 0.3 is 17.9 Å². The number of carboxylic acids is 3. The van der Waals surface area contributed by atoms with E-state index in [4.69, 9.17) is 33.5 Å². The van der Waals surface area contributed by atoms with Crippen LogP contribution in [-0.4, -0.2) is 317 Å². The first-order chi connectivity index (χ1) is 53.7. The number of aliphatic carboxylic acids is 3. The number of carbonyl (C=O) groups is 11. The predicted molar refractivity (Wildman–Crippen MR) is 389 cm³/mol. The maximum absolute atomic E-state index is 14.0. The van der Waals surface area contributed by atoms with Gasteiger partial charge in [0.15, 0.2) is 0 Å². The molecule has 0 aliphatic carbocycles. The number of amides is 8. The molecule has 40 heteroatoms. The molecule has 36 nitrogen and oxygen atoms in total. The smallest absolute Gasteiger partial charge is 0.317 e. The van der Waals surface area contributed by atoms with Gasteiger partial charge in [-0.25, -0.2) is 17.6 Å². The number of alkyl halides is 4. The summed E-state index contributed by atoms with van der Waals surface area (Å²) in [5.41, 5.74) is 1.12. The van der Waals surface area contributed by atoms with Crippen molar-refractivity contribution >= 4 is 87.0 Å². The van der Waals surface area contributed by atoms with Gasteiger partial charge in [0.1, 0.15) is 29.6 Å². The average molecular weight is 1580 g/mol. The molecule has 2 aromatic carbocycles. The van der Waals surface area contributed by atoms with Crippen molar-refractivity contribution < 1.29 is 114 Å². The molecule has 2 fully saturated rings. The second-order valence-electron chi connectivity index (χ2n) is 25.9. The summed E-state index contributed by atoms with van der Waals surface area (Å²) in [6, 6.07) is 12.2. The number of halogens is 4. The van der Waals surface area contributed by atoms with E-state index in [1.807, 2.05) is 0 Å². The quantitative estimate of drug-likeness (QED) is 0.0203. The van der Waals surface area contributed by atoms with Crippen LogP contribution in [0.3, 0.4) is 0 Å². The van der Waals surface area contributed by atoms with E-state index >= 15 is 0 Å². The van der Waals surface area contributed by atoms with E-state index in [1.165, 1.54) is 24.5 Å². The van der Waals surface area contributed by atoms with E-state index in [1.54, 1.807) is 58.3 Å². The van der Waals surface area contributed by atoms with Crippen molar-refractivity contribution in [2.75, 3.05) is 177 Å². The van der Waals surface area contributed by atoms with E-state index in [0.29, 0.717) is 59.0 Å². The van der Waals surface area contributed by atoms with Crippen molar-refractivity contribution in [2.45, 2.75) is 87.8 Å². The molecule has 3 atom stereocenters. The van der Waals surface area contributed by atoms with E-state index < -0.39 is 128 Å². The summed E-state index contributed by atoms with van der Waals surface area (Å²) in [6.07, 6.45) is 2.64. The first-order valence-electron chi connectivity index (χ1n) is 36.4. The largest absolute Gasteiger partial charge is 0.494 e. The van der Waals surface area contributed by atoms with Gasteiger partial charge < -0.3 is 96.1 Å². The zero-order valence-electron chi connectivity index (χ0n) is 61.8. The minimum atomic E-state index is -3.23. The van der Waals surface area contributed by atoms with Crippen LogP contribution < -0.4 is 52.0 Å². The van der Waals surface area contributed by atoms with Crippen molar-refractivity contribution in [1.82, 2.24) is 72.1 Å². The Labute approximate surface area is 642 Å². The Balaban J connectivity index is 0.868. The molecule has 4 heterocycles. The lowest BCUT2D eigenvalue weighted by atomic mass is 10.1. The van der Waals surface area contributed by atoms with Gasteiger partial charge in [0.25, 0.3) is 23.7 Å². The van der Waals surface area contributed by atoms with Gasteiger partial charge in [-0.15, -0.1) is 0 Å². The van der Waals surface area contributed by atoms with E-state index in [9.17, 15) is 91.0 Å². The summed E-state index contributed by atoms with van der Waals surface area (Å²) in [7, 11) is 0. The zero-order chi connectivity index (χ0) is 81.3. The number of carboxylic acid groups (broad SMARTS) is 3. The molecule has 8 amide bonds. The molecule has 2 aromatic heterocycles. The molecule has 0 unspecified atom stereocenters. The van der Waals surface area contributed by atoms with E-state index in [-0.39, 0.29) is 187 Å². The Hall–Kier alpha value is -10.6. The Morgan fingerprint density at radius 1 is 0.500 bits per heavy atom. The summed E-state index contributed by atoms with van der Waals surface area (Å²) < 4.78 is 89.9. The fourth-order valence-corrected chi connectivity index (χ4v) is 11.5. The average Bonchev–Trinajstić information content (AvgIpc) is 1.62. The molecular formula is C72H96F4N16O20. The first kappa shape index (κ1) is 90.3. The third-order valence-electron chi connectivity index (χ3n) is 17.2. The van der Waals surface area contributed by atoms with Gasteiger partial charge in [-0.1, -0.05) is 0 Å². The lowest BCUT2D eigenvalue weighted by molar-refractivity contribution is -0.140. The summed E-state index contributed by atoms with van der Waals surface area (Å²) in [5, 5.41) is 68.3. The van der Waals surface area contributed by atoms with Crippen LogP contribution in [0.25, 0.3) is 21.8 Å². The van der Waals surface area contributed by atoms with Crippen molar-refractivity contribution in [3.05, 3.63) is 72.1 Å². The zero-order valence-corrected chi connectivity index (χ0v) is 61.8. The van der Waals surface area contributed by atoms with Crippen molar-refractivity contribution in [1.29, 1.82) is 10.5 Å². The van der Waals surface area contributed by atoms with Gasteiger partial charge in [0.2, 0.25) is 35.4 Å². The Kier molecular flexibility index (Phi) is 38.9. The van der Waals surface area contributed by atoms with E-state index in [0.717, 1.165) is 9.80 Å². The number of nitriles is 2. The highest BCUT2D eigenvalue weighted by molar-refractivity contribution is 6.08. The van der Waals surface area contributed by atoms with E-state index in [2.05, 4.69) is 52.5 Å². The molecule has 0 spiro atoms. The number of ether oxygens (including phenoxy) is 6. The number of hydrogen-bond acceptors (Lipinski definition) is 25. The summed E-state index contributed by atoms with van der Waals surface area (Å²) >= 11 is 0. The lowest BCUT2D eigenvalue weighted by Crippen LogP contribution is -2.47. The topological polar surface area (TPSA) is 486 Å². The molecule has 2 aliphatic rings. The number of fused-ring (bicyclic) bond motifs is 2. The highest BCUT2D eigenvalue weighted by Gasteiger charge is 2.48. The van der Waals surface area contributed by atoms with Crippen LogP contribution in [-0.2, 0) is 62.1 Å². The summed E-state index contributed by atoms with van der Waals surface area (Å²) in [4.78, 5) is 151. The Bertz CT molecular complexity index is 3890. The standard InChI is InChI=1S/C72H96F4N16O20/c73-71(74)37-49(39-77)91(47-71)63(96)42-86-68(104)53-11-16-81-57-7-5-51(35-55(53)57)111-25-3-1-14-83-60(93)10-9-59(70(106)85-15-2-4-26-112-52-6-8-58-56(36-52)54(12-17-82-58)69(105)87-43-64(97)92-48-72(75,76)38-50(92)40-78)88-61(94)13-27-107-29-31-109-33-34-110-32-30-108-28-20-84-62(95)41-79-18-21-89(45-66(100)101)23-24-90(46-67(102)103)22-19-80-44-65(98)99/h5-8,11-12,16-17,35-36,49-50,59,79-80H,1-4,9-10,13-15,18-34,37-38,41-48H2,(H,83,93)(H,84,95)(H,85,106)(H,86,104)(H,87,105)(H,88,94)(H,98,99)(H,100,101)(H,102,103)/t49-,50+,59+/m1/s1. The normalized spacial score (nSPS) is 15.1. The molecule has 6 rings (SSSR count). The Morgan fingerprint density at radius 3 is 1.43 bits per heavy atom. The third kappa shape index (κ3) is 33.5. The lowest BCUT2D eigenvalue weighted by Gasteiger charge is -2.26. The van der Waals surface area contributed by atoms with Crippen LogP contribution in [0.5, 0.6) is 11.5 Å². The first-order valence-corrected chi connectivity index (χ1v) is 36.4. The minimum absolute atomic E-state index is 0.0259. The molecule has 2 aliphatic heterocycles. The van der Waals surface area contributed by atoms with Gasteiger partial charge in [-0.05, 0) is 80.6 Å². The molecule has 11 N–H and O–H groups in total. The van der Waals surface area contributed by atoms with Crippen molar-refractivity contribution in [2.24, 2.45) is 0 Å². The van der Waals surface area contributed by atoms with Crippen molar-refractivity contribution in [3.8, 4) is 23.6 Å². The number of hydrogen-bond donors (Lipinski definition) is 11. The maximum Gasteiger partial charge on any atom is 0.317 e. The van der Waals surface area contributed by atoms with Crippen LogP contribution >= 0.6 is 0 Å². The SMILES string of the molecule is N#C[C@@H]1CC(F)(F)CN1C(=O)CNC(=O)c1ccnc2ccc(OCCCCNC(=O)[C@H](CCC(=O)NCCCCOc3ccc4nccc(C(=O)NCC(=O)N5CC(F)(F)C[C@@H]5C#N)c4c3)NC(=O)CCOCCOCCOCCOCCNC(=O)CNCCN(CCN(CCNCC(=O)O)CC(=O)O)CC(=O)O)cc12. The third-order valence-corrected chi connectivity index (χ3v) is 17.2. The van der Waals surface area contributed by atoms with Gasteiger partial charge in [0, 0.05) is 108 Å². The van der Waals surface area contributed by atoms with Crippen LogP contribution in [0.15, 0.2) is 60.9 Å². The fourth-order valence-electron chi connectivity index (χ4n) is 11.5. The fraction of sp³-hybridized carbons (Fsp3) is 0.569. The minimum Gasteiger partial charge on any atom is -0.494 e. The summed E-state index contributed by atoms with van der Waals surface area (Å²) in [6.45, 7) is -0.294. The number of carbonyl (C=O) groups excluding carboxylic acids is 8. The molecular weight excluding hydrogens is 1480 g/mol. The second-order valence-corrected chi connectivity index (χ2v) is 25.9. The molecule has 612 valence electrons. The molecule has 2 saturated heterocycles. The van der Waals surface area contributed by atoms with Crippen LogP contribution in [0.1, 0.15) is 78.5 Å². The second kappa shape index (κ2) is 48.2. The van der Waals surface area contributed by atoms with Gasteiger partial charge in [-0.3, -0.25) is 72.5 Å². The number of likely N-dealkylation sites (tertiary alicyclic amines) is 2. The number of aromatic nitrogens is 2. The van der Waals surface area contributed by atoms with Crippen molar-refractivity contribution in [3.63, 3.8) is 0 Å². The Morgan fingerprint density at radius 2 is 0.955 bits per heavy atom. The highest BCUT2D eigenvalue weighted by atomic mass is 19.3. The summed E-state index contributed by atoms with van der Waals surface area (Å²) in [5.74, 6) is -13.7. The number of nitrogens with one attached hydrogen (secondary N) is 8. The van der Waals surface area contributed by atoms with Crippen LogP contribution in [0.2, 0.25) is 0 Å². The van der Waals surface area contributed by atoms with Crippen LogP contribution in [0, 0.1) is 22.7 Å². The number of benzene rings is 2. The van der Waals surface area contributed by atoms with Gasteiger partial charge in [0.05, 0.1) is 153 Å². The molecule has 0 bridgehead atoms. The highest BCUT2D eigenvalue weighted by Crippen LogP contribution is 2.33. The number of unbranched alkanes of at least 4 members (excludes halogenated alkanes) is 2. The number of nitrogens with zero attached hydrogens (tertiary/aromatic N) is 8. The van der Waals surface area contributed by atoms with Crippen LogP contribution in [0.4, 0.5) is 17.6 Å². The molecule has 4 aromatic rings. The number of pyridine rings is 2. The molecule has 112 heavy (non-hydrogen) atoms. The molecule has 0 saturated carbocycles. The molecule has 0 radical (unpaired) electrons. The maximum atomic E-state index is 14.0. The number of rotatable bonds is 55.